The molecule has 5 nitrogen and oxygen atoms in total. The maximum absolute atomic E-state index is 12.5. The Labute approximate surface area is 142 Å². The summed E-state index contributed by atoms with van der Waals surface area (Å²) in [5.41, 5.74) is 0.576. The first-order valence-corrected chi connectivity index (χ1v) is 10.9. The minimum Gasteiger partial charge on any atom is -0.326 e. The SMILES string of the molecule is CCCCS(CCCC)=NS(=O)(=O)c1ccc(NC(C)=O)cc1. The van der Waals surface area contributed by atoms with Gasteiger partial charge in [-0.05, 0) is 37.1 Å². The lowest BCUT2D eigenvalue weighted by Gasteiger charge is -2.08. The van der Waals surface area contributed by atoms with E-state index in [1.165, 1.54) is 19.1 Å². The second-order valence-electron chi connectivity index (χ2n) is 5.33. The van der Waals surface area contributed by atoms with E-state index in [1.807, 2.05) is 0 Å². The standard InChI is InChI=1S/C16H26N2O3S2/c1-4-6-12-22(13-7-5-2)18-23(20,21)16-10-8-15(9-11-16)17-14(3)19/h8-11H,4-7,12-13H2,1-3H3,(H,17,19). The number of carbonyl (C=O) groups excluding carboxylic acids is 1. The van der Waals surface area contributed by atoms with Crippen molar-refractivity contribution in [3.8, 4) is 0 Å². The first-order valence-electron chi connectivity index (χ1n) is 7.92. The molecule has 0 radical (unpaired) electrons. The summed E-state index contributed by atoms with van der Waals surface area (Å²) >= 11 is 0. The minimum atomic E-state index is -3.64. The van der Waals surface area contributed by atoms with Crippen LogP contribution in [0.1, 0.15) is 46.5 Å². The molecule has 0 fully saturated rings. The molecule has 0 heterocycles. The normalized spacial score (nSPS) is 11.5. The number of nitrogens with one attached hydrogen (secondary N) is 1. The lowest BCUT2D eigenvalue weighted by atomic mass is 10.3. The van der Waals surface area contributed by atoms with Gasteiger partial charge in [0, 0.05) is 24.1 Å². The zero-order chi connectivity index (χ0) is 17.3. The van der Waals surface area contributed by atoms with Crippen LogP contribution >= 0.6 is 0 Å². The number of hydrogen-bond donors (Lipinski definition) is 1. The van der Waals surface area contributed by atoms with Crippen molar-refractivity contribution in [3.63, 3.8) is 0 Å². The van der Waals surface area contributed by atoms with Crippen molar-refractivity contribution in [1.29, 1.82) is 0 Å². The average Bonchev–Trinajstić information content (AvgIpc) is 2.49. The number of unbranched alkanes of at least 4 members (excludes halogenated alkanes) is 2. The van der Waals surface area contributed by atoms with Gasteiger partial charge in [0.25, 0.3) is 10.0 Å². The van der Waals surface area contributed by atoms with Crippen LogP contribution in [-0.4, -0.2) is 25.8 Å². The van der Waals surface area contributed by atoms with Crippen LogP contribution in [0.15, 0.2) is 32.9 Å². The van der Waals surface area contributed by atoms with E-state index >= 15 is 0 Å². The van der Waals surface area contributed by atoms with Crippen LogP contribution in [0.5, 0.6) is 0 Å². The zero-order valence-electron chi connectivity index (χ0n) is 14.0. The van der Waals surface area contributed by atoms with Crippen LogP contribution in [0.4, 0.5) is 5.69 Å². The first-order chi connectivity index (χ1) is 10.9. The summed E-state index contributed by atoms with van der Waals surface area (Å²) in [6.45, 7) is 5.60. The second-order valence-corrected chi connectivity index (χ2v) is 9.09. The van der Waals surface area contributed by atoms with E-state index in [0.29, 0.717) is 5.69 Å². The molecule has 1 aromatic rings. The molecule has 0 aliphatic heterocycles. The van der Waals surface area contributed by atoms with Crippen molar-refractivity contribution in [3.05, 3.63) is 24.3 Å². The number of carbonyl (C=O) groups is 1. The van der Waals surface area contributed by atoms with Crippen molar-refractivity contribution in [2.75, 3.05) is 16.8 Å². The van der Waals surface area contributed by atoms with Crippen molar-refractivity contribution in [2.24, 2.45) is 3.77 Å². The molecule has 0 saturated carbocycles. The molecule has 23 heavy (non-hydrogen) atoms. The van der Waals surface area contributed by atoms with Gasteiger partial charge >= 0.3 is 0 Å². The second kappa shape index (κ2) is 9.82. The summed E-state index contributed by atoms with van der Waals surface area (Å²) in [4.78, 5) is 11.2. The number of hydrogen-bond acceptors (Lipinski definition) is 3. The fourth-order valence-corrected chi connectivity index (χ4v) is 5.87. The Balaban J connectivity index is 2.97. The fourth-order valence-electron chi connectivity index (χ4n) is 1.89. The highest BCUT2D eigenvalue weighted by Crippen LogP contribution is 2.18. The van der Waals surface area contributed by atoms with Gasteiger partial charge in [-0.1, -0.05) is 37.4 Å². The maximum Gasteiger partial charge on any atom is 0.287 e. The minimum absolute atomic E-state index is 0.178. The van der Waals surface area contributed by atoms with Crippen LogP contribution in [0, 0.1) is 0 Å². The lowest BCUT2D eigenvalue weighted by molar-refractivity contribution is -0.114. The molecule has 0 aromatic heterocycles. The Morgan fingerprint density at radius 2 is 1.61 bits per heavy atom. The highest BCUT2D eigenvalue weighted by molar-refractivity contribution is 8.00. The molecular weight excluding hydrogens is 332 g/mol. The quantitative estimate of drug-likeness (QED) is 0.730. The Morgan fingerprint density at radius 1 is 1.09 bits per heavy atom. The number of anilines is 1. The average molecular weight is 359 g/mol. The molecule has 0 aliphatic carbocycles. The van der Waals surface area contributed by atoms with Gasteiger partial charge in [0.05, 0.1) is 4.90 Å². The van der Waals surface area contributed by atoms with Crippen LogP contribution in [0.25, 0.3) is 0 Å². The van der Waals surface area contributed by atoms with Crippen molar-refractivity contribution < 1.29 is 13.2 Å². The van der Waals surface area contributed by atoms with E-state index < -0.39 is 20.7 Å². The van der Waals surface area contributed by atoms with Gasteiger partial charge in [-0.25, -0.2) is 0 Å². The van der Waals surface area contributed by atoms with Gasteiger partial charge in [0.2, 0.25) is 5.91 Å². The molecule has 0 bridgehead atoms. The molecule has 0 aliphatic rings. The summed E-state index contributed by atoms with van der Waals surface area (Å²) in [7, 11) is -4.08. The molecule has 1 aromatic carbocycles. The molecule has 7 heteroatoms. The number of benzene rings is 1. The molecular formula is C16H26N2O3S2. The third-order valence-corrected chi connectivity index (χ3v) is 7.16. The van der Waals surface area contributed by atoms with Gasteiger partial charge in [0.1, 0.15) is 0 Å². The van der Waals surface area contributed by atoms with Gasteiger partial charge in [0.15, 0.2) is 0 Å². The first kappa shape index (κ1) is 19.8. The number of sulfonamides is 1. The monoisotopic (exact) mass is 358 g/mol. The Morgan fingerprint density at radius 3 is 2.04 bits per heavy atom. The number of rotatable bonds is 9. The lowest BCUT2D eigenvalue weighted by Crippen LogP contribution is -2.08. The van der Waals surface area contributed by atoms with Gasteiger partial charge in [-0.3, -0.25) is 4.79 Å². The largest absolute Gasteiger partial charge is 0.326 e. The van der Waals surface area contributed by atoms with E-state index in [9.17, 15) is 13.2 Å². The Hall–Kier alpha value is -1.21. The molecule has 0 unspecified atom stereocenters. The smallest absolute Gasteiger partial charge is 0.287 e. The van der Waals surface area contributed by atoms with Crippen LogP contribution in [0.2, 0.25) is 0 Å². The molecule has 1 N–H and O–H groups in total. The third-order valence-electron chi connectivity index (χ3n) is 3.14. The summed E-state index contributed by atoms with van der Waals surface area (Å²) in [5, 5.41) is 2.62. The molecule has 0 saturated heterocycles. The van der Waals surface area contributed by atoms with Crippen LogP contribution < -0.4 is 5.32 Å². The molecule has 0 atom stereocenters. The predicted octanol–water partition coefficient (Wildman–Crippen LogP) is 3.74. The van der Waals surface area contributed by atoms with Gasteiger partial charge < -0.3 is 5.32 Å². The zero-order valence-corrected chi connectivity index (χ0v) is 15.7. The summed E-state index contributed by atoms with van der Waals surface area (Å²) in [5.74, 6) is 1.48. The summed E-state index contributed by atoms with van der Waals surface area (Å²) in [6.07, 6.45) is 4.06. The molecule has 0 spiro atoms. The van der Waals surface area contributed by atoms with Crippen molar-refractivity contribution in [2.45, 2.75) is 51.3 Å². The highest BCUT2D eigenvalue weighted by atomic mass is 32.3. The highest BCUT2D eigenvalue weighted by Gasteiger charge is 2.14. The van der Waals surface area contributed by atoms with Gasteiger partial charge in [-0.2, -0.15) is 8.42 Å². The van der Waals surface area contributed by atoms with Gasteiger partial charge in [-0.15, -0.1) is 3.77 Å². The Bertz CT molecular complexity index is 628. The summed E-state index contributed by atoms with van der Waals surface area (Å²) in [6, 6.07) is 6.15. The number of amides is 1. The van der Waals surface area contributed by atoms with Crippen molar-refractivity contribution >= 4 is 32.3 Å². The van der Waals surface area contributed by atoms with E-state index in [0.717, 1.165) is 37.2 Å². The molecule has 1 rings (SSSR count). The topological polar surface area (TPSA) is 75.6 Å². The maximum atomic E-state index is 12.5. The molecule has 1 amide bonds. The fraction of sp³-hybridized carbons (Fsp3) is 0.562. The summed E-state index contributed by atoms with van der Waals surface area (Å²) < 4.78 is 29.1. The van der Waals surface area contributed by atoms with Crippen LogP contribution in [0.3, 0.4) is 0 Å². The van der Waals surface area contributed by atoms with Crippen LogP contribution in [-0.2, 0) is 25.5 Å². The van der Waals surface area contributed by atoms with Crippen molar-refractivity contribution in [1.82, 2.24) is 0 Å². The predicted molar refractivity (Wildman–Crippen MR) is 97.3 cm³/mol. The third kappa shape index (κ3) is 7.26. The van der Waals surface area contributed by atoms with E-state index in [2.05, 4.69) is 22.9 Å². The van der Waals surface area contributed by atoms with E-state index in [-0.39, 0.29) is 10.8 Å². The number of nitrogens with zero attached hydrogens (tertiary/aromatic N) is 1. The van der Waals surface area contributed by atoms with E-state index in [4.69, 9.17) is 0 Å². The van der Waals surface area contributed by atoms with E-state index in [1.54, 1.807) is 12.1 Å². The molecule has 130 valence electrons. The Kier molecular flexibility index (Phi) is 8.47.